The largest absolute Gasteiger partial charge is 0.368 e. The maximum absolute atomic E-state index is 12.6. The van der Waals surface area contributed by atoms with E-state index in [1.807, 2.05) is 35.2 Å². The molecular weight excluding hydrogens is 358 g/mol. The summed E-state index contributed by atoms with van der Waals surface area (Å²) >= 11 is 6.00. The van der Waals surface area contributed by atoms with Gasteiger partial charge < -0.3 is 9.80 Å². The van der Waals surface area contributed by atoms with Gasteiger partial charge in [-0.1, -0.05) is 35.9 Å². The number of anilines is 1. The van der Waals surface area contributed by atoms with Crippen LogP contribution in [0.1, 0.15) is 10.4 Å². The average molecular weight is 378 g/mol. The van der Waals surface area contributed by atoms with Gasteiger partial charge in [0.25, 0.3) is 5.91 Å². The number of piperazine rings is 1. The summed E-state index contributed by atoms with van der Waals surface area (Å²) in [5.74, 6) is 0.0441. The molecule has 0 spiro atoms. The van der Waals surface area contributed by atoms with E-state index in [0.29, 0.717) is 23.7 Å². The highest BCUT2D eigenvalue weighted by molar-refractivity contribution is 6.30. The zero-order valence-electron chi connectivity index (χ0n) is 14.9. The van der Waals surface area contributed by atoms with E-state index in [2.05, 4.69) is 34.1 Å². The molecule has 3 aromatic rings. The van der Waals surface area contributed by atoms with Gasteiger partial charge in [0.2, 0.25) is 0 Å². The number of nitrogens with zero attached hydrogens (tertiary/aromatic N) is 3. The van der Waals surface area contributed by atoms with E-state index < -0.39 is 0 Å². The number of aromatic nitrogens is 1. The lowest BCUT2D eigenvalue weighted by Gasteiger charge is -2.36. The van der Waals surface area contributed by atoms with Crippen LogP contribution in [-0.2, 0) is 0 Å². The van der Waals surface area contributed by atoms with Crippen molar-refractivity contribution in [2.24, 2.45) is 0 Å². The predicted octanol–water partition coefficient (Wildman–Crippen LogP) is 4.36. The molecule has 4 nitrogen and oxygen atoms in total. The van der Waals surface area contributed by atoms with Crippen molar-refractivity contribution in [3.63, 3.8) is 0 Å². The smallest absolute Gasteiger partial charge is 0.254 e. The summed E-state index contributed by atoms with van der Waals surface area (Å²) in [6, 6.07) is 21.5. The van der Waals surface area contributed by atoms with E-state index in [1.165, 1.54) is 5.69 Å². The third kappa shape index (κ3) is 3.96. The van der Waals surface area contributed by atoms with Crippen LogP contribution in [0.3, 0.4) is 0 Å². The predicted molar refractivity (Wildman–Crippen MR) is 109 cm³/mol. The van der Waals surface area contributed by atoms with Crippen molar-refractivity contribution in [3.05, 3.63) is 83.5 Å². The standard InChI is InChI=1S/C22H20ClN3O/c23-19-5-3-4-18(16-19)22(27)26-14-12-25(13-15-26)20-9-7-17(8-10-20)21-6-1-2-11-24-21/h1-11,16H,12-15H2. The minimum absolute atomic E-state index is 0.0441. The zero-order chi connectivity index (χ0) is 18.6. The number of halogens is 1. The van der Waals surface area contributed by atoms with E-state index in [9.17, 15) is 4.79 Å². The topological polar surface area (TPSA) is 36.4 Å². The molecule has 0 unspecified atom stereocenters. The van der Waals surface area contributed by atoms with Crippen molar-refractivity contribution in [1.82, 2.24) is 9.88 Å². The van der Waals surface area contributed by atoms with Gasteiger partial charge in [0, 0.05) is 54.2 Å². The van der Waals surface area contributed by atoms with Crippen LogP contribution < -0.4 is 4.90 Å². The molecule has 4 rings (SSSR count). The fraction of sp³-hybridized carbons (Fsp3) is 0.182. The first kappa shape index (κ1) is 17.6. The highest BCUT2D eigenvalue weighted by Crippen LogP contribution is 2.23. The second-order valence-electron chi connectivity index (χ2n) is 6.55. The van der Waals surface area contributed by atoms with E-state index in [-0.39, 0.29) is 5.91 Å². The van der Waals surface area contributed by atoms with Crippen LogP contribution >= 0.6 is 11.6 Å². The van der Waals surface area contributed by atoms with Gasteiger partial charge in [0.15, 0.2) is 0 Å². The zero-order valence-corrected chi connectivity index (χ0v) is 15.6. The molecule has 27 heavy (non-hydrogen) atoms. The SMILES string of the molecule is O=C(c1cccc(Cl)c1)N1CCN(c2ccc(-c3ccccn3)cc2)CC1. The molecule has 1 saturated heterocycles. The van der Waals surface area contributed by atoms with Gasteiger partial charge in [-0.3, -0.25) is 9.78 Å². The number of carbonyl (C=O) groups is 1. The summed E-state index contributed by atoms with van der Waals surface area (Å²) in [5, 5.41) is 0.590. The first-order valence-corrected chi connectivity index (χ1v) is 9.40. The highest BCUT2D eigenvalue weighted by atomic mass is 35.5. The van der Waals surface area contributed by atoms with E-state index in [1.54, 1.807) is 18.3 Å². The molecule has 0 atom stereocenters. The lowest BCUT2D eigenvalue weighted by atomic mass is 10.1. The Labute approximate surface area is 164 Å². The number of amides is 1. The summed E-state index contributed by atoms with van der Waals surface area (Å²) < 4.78 is 0. The normalized spacial score (nSPS) is 14.3. The Morgan fingerprint density at radius 1 is 0.889 bits per heavy atom. The quantitative estimate of drug-likeness (QED) is 0.680. The van der Waals surface area contributed by atoms with Crippen molar-refractivity contribution in [2.45, 2.75) is 0 Å². The van der Waals surface area contributed by atoms with Crippen molar-refractivity contribution in [1.29, 1.82) is 0 Å². The van der Waals surface area contributed by atoms with Gasteiger partial charge in [-0.2, -0.15) is 0 Å². The molecule has 5 heteroatoms. The Morgan fingerprint density at radius 2 is 1.67 bits per heavy atom. The fourth-order valence-electron chi connectivity index (χ4n) is 3.35. The average Bonchev–Trinajstić information content (AvgIpc) is 2.74. The summed E-state index contributed by atoms with van der Waals surface area (Å²) in [4.78, 5) is 21.2. The summed E-state index contributed by atoms with van der Waals surface area (Å²) in [6.07, 6.45) is 1.80. The van der Waals surface area contributed by atoms with Crippen molar-refractivity contribution in [2.75, 3.05) is 31.1 Å². The van der Waals surface area contributed by atoms with E-state index >= 15 is 0 Å². The molecule has 0 bridgehead atoms. The molecule has 1 aliphatic rings. The Bertz CT molecular complexity index is 920. The molecule has 1 aromatic heterocycles. The Morgan fingerprint density at radius 3 is 2.33 bits per heavy atom. The monoisotopic (exact) mass is 377 g/mol. The van der Waals surface area contributed by atoms with Crippen molar-refractivity contribution in [3.8, 4) is 11.3 Å². The number of rotatable bonds is 3. The molecule has 136 valence electrons. The van der Waals surface area contributed by atoms with Crippen LogP contribution in [0.5, 0.6) is 0 Å². The fourth-order valence-corrected chi connectivity index (χ4v) is 3.54. The van der Waals surface area contributed by atoms with Gasteiger partial charge in [-0.15, -0.1) is 0 Å². The summed E-state index contributed by atoms with van der Waals surface area (Å²) in [7, 11) is 0. The number of hydrogen-bond acceptors (Lipinski definition) is 3. The van der Waals surface area contributed by atoms with E-state index in [4.69, 9.17) is 11.6 Å². The molecule has 2 heterocycles. The number of hydrogen-bond donors (Lipinski definition) is 0. The third-order valence-electron chi connectivity index (χ3n) is 4.83. The molecule has 0 N–H and O–H groups in total. The molecule has 1 fully saturated rings. The minimum atomic E-state index is 0.0441. The second-order valence-corrected chi connectivity index (χ2v) is 6.99. The lowest BCUT2D eigenvalue weighted by Crippen LogP contribution is -2.48. The summed E-state index contributed by atoms with van der Waals surface area (Å²) in [5.41, 5.74) is 3.90. The molecule has 2 aromatic carbocycles. The Kier molecular flexibility index (Phi) is 5.07. The van der Waals surface area contributed by atoms with Crippen LogP contribution in [0.2, 0.25) is 5.02 Å². The molecule has 0 radical (unpaired) electrons. The van der Waals surface area contributed by atoms with Crippen molar-refractivity contribution < 1.29 is 4.79 Å². The molecule has 0 saturated carbocycles. The number of carbonyl (C=O) groups excluding carboxylic acids is 1. The summed E-state index contributed by atoms with van der Waals surface area (Å²) in [6.45, 7) is 3.03. The molecular formula is C22H20ClN3O. The Hall–Kier alpha value is -2.85. The maximum atomic E-state index is 12.6. The van der Waals surface area contributed by atoms with Crippen LogP contribution in [0.25, 0.3) is 11.3 Å². The number of pyridine rings is 1. The first-order chi connectivity index (χ1) is 13.2. The van der Waals surface area contributed by atoms with E-state index in [0.717, 1.165) is 24.3 Å². The van der Waals surface area contributed by atoms with Crippen LogP contribution in [0.15, 0.2) is 72.9 Å². The molecule has 1 aliphatic heterocycles. The Balaban J connectivity index is 1.40. The van der Waals surface area contributed by atoms with Crippen molar-refractivity contribution >= 4 is 23.2 Å². The third-order valence-corrected chi connectivity index (χ3v) is 5.07. The van der Waals surface area contributed by atoms with Gasteiger partial charge in [-0.25, -0.2) is 0 Å². The van der Waals surface area contributed by atoms with Gasteiger partial charge >= 0.3 is 0 Å². The number of benzene rings is 2. The molecule has 1 amide bonds. The minimum Gasteiger partial charge on any atom is -0.368 e. The molecule has 0 aliphatic carbocycles. The lowest BCUT2D eigenvalue weighted by molar-refractivity contribution is 0.0747. The van der Waals surface area contributed by atoms with Gasteiger partial charge in [0.05, 0.1) is 5.69 Å². The first-order valence-electron chi connectivity index (χ1n) is 9.02. The van der Waals surface area contributed by atoms with Crippen LogP contribution in [0, 0.1) is 0 Å². The second kappa shape index (κ2) is 7.80. The van der Waals surface area contributed by atoms with Gasteiger partial charge in [0.1, 0.15) is 0 Å². The highest BCUT2D eigenvalue weighted by Gasteiger charge is 2.22. The maximum Gasteiger partial charge on any atom is 0.254 e. The van der Waals surface area contributed by atoms with Crippen LogP contribution in [-0.4, -0.2) is 42.0 Å². The van der Waals surface area contributed by atoms with Gasteiger partial charge in [-0.05, 0) is 42.5 Å². The van der Waals surface area contributed by atoms with Crippen LogP contribution in [0.4, 0.5) is 5.69 Å².